The zero-order valence-corrected chi connectivity index (χ0v) is 13.7. The number of aliphatic hydroxyl groups excluding tert-OH is 1. The van der Waals surface area contributed by atoms with Crippen LogP contribution in [0, 0.1) is 11.3 Å². The smallest absolute Gasteiger partial charge is 0.105 e. The summed E-state index contributed by atoms with van der Waals surface area (Å²) in [4.78, 5) is 6.58. The molecular weight excluding hydrogens is 302 g/mol. The summed E-state index contributed by atoms with van der Waals surface area (Å²) in [5, 5.41) is 20.4. The molecule has 1 fully saturated rings. The predicted octanol–water partition coefficient (Wildman–Crippen LogP) is 2.64. The van der Waals surface area contributed by atoms with Crippen molar-refractivity contribution >= 4 is 16.6 Å². The Morgan fingerprint density at radius 2 is 2.33 bits per heavy atom. The molecule has 24 heavy (non-hydrogen) atoms. The molecule has 124 valence electrons. The molecule has 1 aromatic carbocycles. The summed E-state index contributed by atoms with van der Waals surface area (Å²) in [6, 6.07) is 9.81. The highest BCUT2D eigenvalue weighted by atomic mass is 16.5. The number of nitrogens with zero attached hydrogens (tertiary/aromatic N) is 3. The van der Waals surface area contributed by atoms with Gasteiger partial charge in [-0.25, -0.2) is 0 Å². The first kappa shape index (κ1) is 16.4. The summed E-state index contributed by atoms with van der Waals surface area (Å²) in [6.45, 7) is 7.05. The Morgan fingerprint density at radius 1 is 1.50 bits per heavy atom. The minimum absolute atomic E-state index is 0.0423. The predicted molar refractivity (Wildman–Crippen MR) is 93.8 cm³/mol. The highest BCUT2D eigenvalue weighted by Crippen LogP contribution is 2.31. The number of rotatable bonds is 4. The fourth-order valence-corrected chi connectivity index (χ4v) is 3.16. The van der Waals surface area contributed by atoms with Gasteiger partial charge in [-0.15, -0.1) is 6.58 Å². The van der Waals surface area contributed by atoms with E-state index < -0.39 is 6.10 Å². The van der Waals surface area contributed by atoms with Crippen LogP contribution in [0.2, 0.25) is 0 Å². The Hall–Kier alpha value is -2.42. The van der Waals surface area contributed by atoms with Gasteiger partial charge in [0.1, 0.15) is 12.2 Å². The maximum atomic E-state index is 10.1. The Bertz CT molecular complexity index is 784. The van der Waals surface area contributed by atoms with Gasteiger partial charge in [0.05, 0.1) is 23.3 Å². The molecule has 3 rings (SSSR count). The molecule has 1 aliphatic rings. The van der Waals surface area contributed by atoms with Gasteiger partial charge in [0, 0.05) is 30.4 Å². The van der Waals surface area contributed by atoms with Gasteiger partial charge < -0.3 is 14.7 Å². The second kappa shape index (κ2) is 7.00. The van der Waals surface area contributed by atoms with E-state index >= 15 is 0 Å². The van der Waals surface area contributed by atoms with E-state index in [1.54, 1.807) is 12.3 Å². The third-order valence-electron chi connectivity index (χ3n) is 4.48. The molecule has 0 aliphatic carbocycles. The van der Waals surface area contributed by atoms with Crippen molar-refractivity contribution in [2.75, 3.05) is 18.0 Å². The van der Waals surface area contributed by atoms with Gasteiger partial charge >= 0.3 is 0 Å². The zero-order valence-electron chi connectivity index (χ0n) is 13.7. The molecule has 5 nitrogen and oxygen atoms in total. The zero-order chi connectivity index (χ0) is 17.1. The summed E-state index contributed by atoms with van der Waals surface area (Å²) >= 11 is 0. The van der Waals surface area contributed by atoms with Gasteiger partial charge in [-0.05, 0) is 30.7 Å². The molecule has 3 atom stereocenters. The maximum Gasteiger partial charge on any atom is 0.105 e. The van der Waals surface area contributed by atoms with Crippen LogP contribution in [0.3, 0.4) is 0 Å². The first-order valence-corrected chi connectivity index (χ1v) is 8.16. The van der Waals surface area contributed by atoms with Crippen LogP contribution >= 0.6 is 0 Å². The number of nitriles is 1. The Morgan fingerprint density at radius 3 is 3.04 bits per heavy atom. The molecule has 1 aromatic heterocycles. The van der Waals surface area contributed by atoms with Gasteiger partial charge in [0.2, 0.25) is 0 Å². The lowest BCUT2D eigenvalue weighted by atomic mass is 10.0. The monoisotopic (exact) mass is 323 g/mol. The van der Waals surface area contributed by atoms with E-state index in [1.807, 2.05) is 18.2 Å². The summed E-state index contributed by atoms with van der Waals surface area (Å²) in [6.07, 6.45) is 3.10. The highest BCUT2D eigenvalue weighted by molar-refractivity contribution is 5.95. The topological polar surface area (TPSA) is 69.4 Å². The van der Waals surface area contributed by atoms with E-state index in [0.717, 1.165) is 24.0 Å². The SMILES string of the molecule is C=C[C@H](O)[C@H]1CN(c2ccc(C#N)c3ncccc23)C[C@@H](CC)O1. The second-order valence-corrected chi connectivity index (χ2v) is 5.98. The molecule has 0 radical (unpaired) electrons. The first-order chi connectivity index (χ1) is 11.7. The quantitative estimate of drug-likeness (QED) is 0.876. The number of morpholine rings is 1. The third kappa shape index (κ3) is 2.99. The molecule has 0 unspecified atom stereocenters. The normalized spacial score (nSPS) is 22.1. The van der Waals surface area contributed by atoms with Crippen LogP contribution in [0.15, 0.2) is 43.1 Å². The number of anilines is 1. The molecule has 2 heterocycles. The number of hydrogen-bond acceptors (Lipinski definition) is 5. The van der Waals surface area contributed by atoms with Crippen LogP contribution in [-0.4, -0.2) is 41.5 Å². The van der Waals surface area contributed by atoms with E-state index in [9.17, 15) is 10.4 Å². The Balaban J connectivity index is 2.03. The Kier molecular flexibility index (Phi) is 4.79. The van der Waals surface area contributed by atoms with E-state index in [4.69, 9.17) is 4.74 Å². The second-order valence-electron chi connectivity index (χ2n) is 5.98. The van der Waals surface area contributed by atoms with Crippen LogP contribution in [0.1, 0.15) is 18.9 Å². The molecule has 5 heteroatoms. The molecule has 0 amide bonds. The van der Waals surface area contributed by atoms with E-state index in [2.05, 4.69) is 29.5 Å². The molecule has 0 spiro atoms. The average molecular weight is 323 g/mol. The van der Waals surface area contributed by atoms with Crippen molar-refractivity contribution in [1.82, 2.24) is 4.98 Å². The summed E-state index contributed by atoms with van der Waals surface area (Å²) < 4.78 is 5.97. The van der Waals surface area contributed by atoms with Crippen molar-refractivity contribution in [3.63, 3.8) is 0 Å². The fourth-order valence-electron chi connectivity index (χ4n) is 3.16. The molecule has 1 saturated heterocycles. The van der Waals surface area contributed by atoms with Gasteiger partial charge in [-0.2, -0.15) is 5.26 Å². The molecule has 1 aliphatic heterocycles. The number of benzene rings is 1. The third-order valence-corrected chi connectivity index (χ3v) is 4.48. The fraction of sp³-hybridized carbons (Fsp3) is 0.368. The van der Waals surface area contributed by atoms with E-state index in [0.29, 0.717) is 17.6 Å². The summed E-state index contributed by atoms with van der Waals surface area (Å²) in [5.74, 6) is 0. The van der Waals surface area contributed by atoms with Gasteiger partial charge in [-0.3, -0.25) is 4.98 Å². The van der Waals surface area contributed by atoms with Gasteiger partial charge in [0.25, 0.3) is 0 Å². The molecule has 2 aromatic rings. The maximum absolute atomic E-state index is 10.1. The van der Waals surface area contributed by atoms with Crippen LogP contribution in [-0.2, 0) is 4.74 Å². The summed E-state index contributed by atoms with van der Waals surface area (Å²) in [5.41, 5.74) is 2.29. The lowest BCUT2D eigenvalue weighted by Crippen LogP contribution is -2.51. The van der Waals surface area contributed by atoms with Crippen molar-refractivity contribution < 1.29 is 9.84 Å². The average Bonchev–Trinajstić information content (AvgIpc) is 2.65. The largest absolute Gasteiger partial charge is 0.386 e. The highest BCUT2D eigenvalue weighted by Gasteiger charge is 2.31. The van der Waals surface area contributed by atoms with Crippen LogP contribution in [0.25, 0.3) is 10.9 Å². The number of hydrogen-bond donors (Lipinski definition) is 1. The molecule has 1 N–H and O–H groups in total. The number of fused-ring (bicyclic) bond motifs is 1. The van der Waals surface area contributed by atoms with E-state index in [1.165, 1.54) is 6.08 Å². The van der Waals surface area contributed by atoms with Crippen molar-refractivity contribution in [1.29, 1.82) is 5.26 Å². The number of aromatic nitrogens is 1. The van der Waals surface area contributed by atoms with Crippen molar-refractivity contribution in [3.8, 4) is 6.07 Å². The molecule has 0 bridgehead atoms. The summed E-state index contributed by atoms with van der Waals surface area (Å²) in [7, 11) is 0. The Labute approximate surface area is 141 Å². The van der Waals surface area contributed by atoms with Crippen LogP contribution in [0.5, 0.6) is 0 Å². The van der Waals surface area contributed by atoms with Crippen molar-refractivity contribution in [3.05, 3.63) is 48.7 Å². The van der Waals surface area contributed by atoms with Crippen molar-refractivity contribution in [2.45, 2.75) is 31.7 Å². The number of aliphatic hydroxyl groups is 1. The van der Waals surface area contributed by atoms with Gasteiger partial charge in [-0.1, -0.05) is 13.0 Å². The number of pyridine rings is 1. The minimum Gasteiger partial charge on any atom is -0.386 e. The van der Waals surface area contributed by atoms with Crippen LogP contribution < -0.4 is 4.90 Å². The number of ether oxygens (including phenoxy) is 1. The first-order valence-electron chi connectivity index (χ1n) is 8.16. The minimum atomic E-state index is -0.704. The lowest BCUT2D eigenvalue weighted by molar-refractivity contribution is -0.0727. The van der Waals surface area contributed by atoms with Gasteiger partial charge in [0.15, 0.2) is 0 Å². The standard InChI is InChI=1S/C19H21N3O2/c1-3-14-11-22(12-18(24-14)17(23)4-2)16-8-7-13(10-20)19-15(16)6-5-9-21-19/h4-9,14,17-18,23H,2-3,11-12H2,1H3/t14-,17+,18-/m1/s1. The lowest BCUT2D eigenvalue weighted by Gasteiger charge is -2.40. The van der Waals surface area contributed by atoms with Crippen molar-refractivity contribution in [2.24, 2.45) is 0 Å². The van der Waals surface area contributed by atoms with E-state index in [-0.39, 0.29) is 12.2 Å². The molecule has 0 saturated carbocycles. The van der Waals surface area contributed by atoms with Crippen LogP contribution in [0.4, 0.5) is 5.69 Å². The molecular formula is C19H21N3O2.